The Labute approximate surface area is 49.8 Å². The van der Waals surface area contributed by atoms with E-state index in [1.54, 1.807) is 0 Å². The van der Waals surface area contributed by atoms with Crippen LogP contribution in [0.25, 0.3) is 0 Å². The van der Waals surface area contributed by atoms with Gasteiger partial charge < -0.3 is 0 Å². The van der Waals surface area contributed by atoms with Crippen molar-refractivity contribution in [3.8, 4) is 0 Å². The summed E-state index contributed by atoms with van der Waals surface area (Å²) < 4.78 is 0.00868. The smallest absolute Gasteiger partial charge is 0.0237 e. The molecule has 3 N–H and O–H groups in total. The summed E-state index contributed by atoms with van der Waals surface area (Å²) in [5, 5.41) is 0. The average molecular weight is 120 g/mol. The van der Waals surface area contributed by atoms with Gasteiger partial charge >= 0.3 is 0 Å². The van der Waals surface area contributed by atoms with Crippen LogP contribution in [0.1, 0.15) is 13.8 Å². The van der Waals surface area contributed by atoms with Gasteiger partial charge in [0.05, 0.1) is 0 Å². The molecular formula is C4H12N2S. The molecule has 0 rings (SSSR count). The van der Waals surface area contributed by atoms with Crippen molar-refractivity contribution in [3.63, 3.8) is 0 Å². The van der Waals surface area contributed by atoms with Crippen molar-refractivity contribution in [1.29, 1.82) is 0 Å². The lowest BCUT2D eigenvalue weighted by Crippen LogP contribution is -2.34. The van der Waals surface area contributed by atoms with Crippen molar-refractivity contribution in [2.24, 2.45) is 5.84 Å². The Morgan fingerprint density at radius 1 is 1.71 bits per heavy atom. The highest BCUT2D eigenvalue weighted by Crippen LogP contribution is 2.07. The molecule has 0 aromatic carbocycles. The van der Waals surface area contributed by atoms with E-state index in [2.05, 4.69) is 18.1 Å². The van der Waals surface area contributed by atoms with Crippen molar-refractivity contribution in [3.05, 3.63) is 0 Å². The highest BCUT2D eigenvalue weighted by Gasteiger charge is 2.07. The molecule has 0 spiro atoms. The first-order valence-electron chi connectivity index (χ1n) is 2.22. The molecule has 0 unspecified atom stereocenters. The monoisotopic (exact) mass is 120 g/mol. The van der Waals surface area contributed by atoms with Crippen LogP contribution in [0.4, 0.5) is 0 Å². The minimum absolute atomic E-state index is 0.00868. The Balaban J connectivity index is 3.15. The normalized spacial score (nSPS) is 12.0. The first-order valence-corrected chi connectivity index (χ1v) is 2.67. The largest absolute Gasteiger partial charge is 0.271 e. The van der Waals surface area contributed by atoms with Gasteiger partial charge in [-0.05, 0) is 13.8 Å². The summed E-state index contributed by atoms with van der Waals surface area (Å²) in [4.78, 5) is 0. The second-order valence-corrected chi connectivity index (χ2v) is 3.40. The summed E-state index contributed by atoms with van der Waals surface area (Å²) in [6.45, 7) is 4.72. The SMILES string of the molecule is CC(C)(S)CNN. The molecular weight excluding hydrogens is 108 g/mol. The van der Waals surface area contributed by atoms with E-state index in [4.69, 9.17) is 5.84 Å². The van der Waals surface area contributed by atoms with Crippen molar-refractivity contribution in [1.82, 2.24) is 5.43 Å². The second-order valence-electron chi connectivity index (χ2n) is 2.19. The summed E-state index contributed by atoms with van der Waals surface area (Å²) >= 11 is 4.19. The van der Waals surface area contributed by atoms with Crippen molar-refractivity contribution < 1.29 is 0 Å². The molecule has 0 saturated carbocycles. The lowest BCUT2D eigenvalue weighted by molar-refractivity contribution is 0.614. The van der Waals surface area contributed by atoms with Crippen LogP contribution in [-0.4, -0.2) is 11.3 Å². The first kappa shape index (κ1) is 7.27. The molecule has 0 aliphatic heterocycles. The standard InChI is InChI=1S/C4H12N2S/c1-4(2,7)3-6-5/h6-7H,3,5H2,1-2H3. The van der Waals surface area contributed by atoms with Crippen molar-refractivity contribution in [2.75, 3.05) is 6.54 Å². The van der Waals surface area contributed by atoms with Gasteiger partial charge in [0.1, 0.15) is 0 Å². The van der Waals surface area contributed by atoms with Gasteiger partial charge in [0.25, 0.3) is 0 Å². The summed E-state index contributed by atoms with van der Waals surface area (Å²) in [6.07, 6.45) is 0. The van der Waals surface area contributed by atoms with E-state index in [-0.39, 0.29) is 4.75 Å². The zero-order valence-electron chi connectivity index (χ0n) is 4.73. The maximum absolute atomic E-state index is 5.02. The Morgan fingerprint density at radius 2 is 2.14 bits per heavy atom. The third kappa shape index (κ3) is 6.27. The van der Waals surface area contributed by atoms with E-state index >= 15 is 0 Å². The van der Waals surface area contributed by atoms with Crippen LogP contribution in [0.2, 0.25) is 0 Å². The molecule has 44 valence electrons. The van der Waals surface area contributed by atoms with Crippen LogP contribution in [-0.2, 0) is 0 Å². The maximum atomic E-state index is 5.02. The van der Waals surface area contributed by atoms with Crippen LogP contribution in [0, 0.1) is 0 Å². The summed E-state index contributed by atoms with van der Waals surface area (Å²) in [7, 11) is 0. The summed E-state index contributed by atoms with van der Waals surface area (Å²) in [6, 6.07) is 0. The number of hydrogen-bond acceptors (Lipinski definition) is 3. The fourth-order valence-electron chi connectivity index (χ4n) is 0.250. The second kappa shape index (κ2) is 2.55. The number of rotatable bonds is 2. The van der Waals surface area contributed by atoms with Gasteiger partial charge in [-0.2, -0.15) is 12.6 Å². The number of hydrazine groups is 1. The van der Waals surface area contributed by atoms with Gasteiger partial charge in [0, 0.05) is 11.3 Å². The topological polar surface area (TPSA) is 38.0 Å². The van der Waals surface area contributed by atoms with Gasteiger partial charge in [-0.3, -0.25) is 11.3 Å². The Hall–Kier alpha value is 0.270. The number of nitrogens with one attached hydrogen (secondary N) is 1. The Morgan fingerprint density at radius 3 is 2.14 bits per heavy atom. The van der Waals surface area contributed by atoms with E-state index in [9.17, 15) is 0 Å². The molecule has 0 radical (unpaired) electrons. The van der Waals surface area contributed by atoms with Crippen LogP contribution in [0.15, 0.2) is 0 Å². The zero-order valence-corrected chi connectivity index (χ0v) is 5.63. The molecule has 0 fully saturated rings. The van der Waals surface area contributed by atoms with E-state index in [1.807, 2.05) is 13.8 Å². The van der Waals surface area contributed by atoms with E-state index in [1.165, 1.54) is 0 Å². The molecule has 0 amide bonds. The molecule has 7 heavy (non-hydrogen) atoms. The fraction of sp³-hybridized carbons (Fsp3) is 1.00. The highest BCUT2D eigenvalue weighted by atomic mass is 32.1. The molecule has 0 heterocycles. The van der Waals surface area contributed by atoms with Gasteiger partial charge in [-0.15, -0.1) is 0 Å². The highest BCUT2D eigenvalue weighted by molar-refractivity contribution is 7.81. The number of hydrogen-bond donors (Lipinski definition) is 3. The summed E-state index contributed by atoms with van der Waals surface area (Å²) in [5.41, 5.74) is 2.53. The minimum Gasteiger partial charge on any atom is -0.271 e. The Bertz CT molecular complexity index is 48.1. The fourth-order valence-corrected chi connectivity index (χ4v) is 0.341. The third-order valence-electron chi connectivity index (χ3n) is 0.535. The van der Waals surface area contributed by atoms with E-state index in [0.29, 0.717) is 0 Å². The predicted molar refractivity (Wildman–Crippen MR) is 35.3 cm³/mol. The Kier molecular flexibility index (Phi) is 2.64. The van der Waals surface area contributed by atoms with Crippen molar-refractivity contribution in [2.45, 2.75) is 18.6 Å². The molecule has 3 heteroatoms. The van der Waals surface area contributed by atoms with Gasteiger partial charge in [0.2, 0.25) is 0 Å². The average Bonchev–Trinajstić information content (AvgIpc) is 1.30. The third-order valence-corrected chi connectivity index (χ3v) is 0.693. The summed E-state index contributed by atoms with van der Waals surface area (Å²) in [5.74, 6) is 5.02. The lowest BCUT2D eigenvalue weighted by Gasteiger charge is -2.14. The first-order chi connectivity index (χ1) is 3.06. The quantitative estimate of drug-likeness (QED) is 0.276. The predicted octanol–water partition coefficient (Wildman–Crippen LogP) is 0.158. The van der Waals surface area contributed by atoms with Crippen LogP contribution >= 0.6 is 12.6 Å². The van der Waals surface area contributed by atoms with E-state index in [0.717, 1.165) is 6.54 Å². The zero-order chi connectivity index (χ0) is 5.91. The van der Waals surface area contributed by atoms with Crippen LogP contribution < -0.4 is 11.3 Å². The van der Waals surface area contributed by atoms with Gasteiger partial charge in [0.15, 0.2) is 0 Å². The number of thiol groups is 1. The number of nitrogens with two attached hydrogens (primary N) is 1. The molecule has 0 aliphatic carbocycles. The van der Waals surface area contributed by atoms with Crippen molar-refractivity contribution >= 4 is 12.6 Å². The molecule has 0 atom stereocenters. The molecule has 0 aliphatic rings. The van der Waals surface area contributed by atoms with Crippen LogP contribution in [0.3, 0.4) is 0 Å². The molecule has 0 saturated heterocycles. The van der Waals surface area contributed by atoms with Crippen LogP contribution in [0.5, 0.6) is 0 Å². The van der Waals surface area contributed by atoms with E-state index < -0.39 is 0 Å². The van der Waals surface area contributed by atoms with Gasteiger partial charge in [-0.1, -0.05) is 0 Å². The minimum atomic E-state index is 0.00868. The molecule has 0 aromatic rings. The van der Waals surface area contributed by atoms with Gasteiger partial charge in [-0.25, -0.2) is 0 Å². The lowest BCUT2D eigenvalue weighted by atomic mass is 10.2. The maximum Gasteiger partial charge on any atom is 0.0237 e. The molecule has 0 aromatic heterocycles. The molecule has 2 nitrogen and oxygen atoms in total. The molecule has 0 bridgehead atoms.